The molecule has 0 saturated carbocycles. The zero-order valence-corrected chi connectivity index (χ0v) is 16.9. The number of rotatable bonds is 8. The molecule has 154 valence electrons. The molecule has 0 unspecified atom stereocenters. The smallest absolute Gasteiger partial charge is 0.261 e. The van der Waals surface area contributed by atoms with E-state index >= 15 is 0 Å². The minimum atomic E-state index is -0.247. The van der Waals surface area contributed by atoms with Crippen molar-refractivity contribution in [3.63, 3.8) is 0 Å². The van der Waals surface area contributed by atoms with Crippen molar-refractivity contribution in [3.05, 3.63) is 75.8 Å². The molecule has 0 atom stereocenters. The average Bonchev–Trinajstić information content (AvgIpc) is 3.00. The predicted molar refractivity (Wildman–Crippen MR) is 114 cm³/mol. The fraction of sp³-hybridized carbons (Fsp3) is 0.304. The minimum absolute atomic E-state index is 0.161. The molecule has 0 bridgehead atoms. The summed E-state index contributed by atoms with van der Waals surface area (Å²) in [7, 11) is 0. The number of H-pyrrole nitrogens is 1. The Balaban J connectivity index is 1.49. The number of para-hydroxylation sites is 1. The zero-order chi connectivity index (χ0) is 21.1. The highest BCUT2D eigenvalue weighted by molar-refractivity contribution is 6.21. The lowest BCUT2D eigenvalue weighted by Gasteiger charge is -2.24. The maximum Gasteiger partial charge on any atom is 0.261 e. The van der Waals surface area contributed by atoms with Crippen LogP contribution in [-0.4, -0.2) is 51.2 Å². The highest BCUT2D eigenvalue weighted by atomic mass is 16.2. The molecule has 0 aliphatic carbocycles. The van der Waals surface area contributed by atoms with Crippen molar-refractivity contribution in [2.75, 3.05) is 19.6 Å². The van der Waals surface area contributed by atoms with E-state index in [9.17, 15) is 14.4 Å². The zero-order valence-electron chi connectivity index (χ0n) is 16.9. The van der Waals surface area contributed by atoms with E-state index in [4.69, 9.17) is 0 Å². The molecule has 0 radical (unpaired) electrons. The summed E-state index contributed by atoms with van der Waals surface area (Å²) in [5, 5.41) is 0.562. The largest absolute Gasteiger partial charge is 0.309 e. The molecule has 2 amide bonds. The standard InChI is InChI=1S/C23H24N4O3/c1-2-3-12-26(15-20-24-19-11-7-6-10-18(19)21(28)25-20)13-14-27-22(29)16-8-4-5-9-17(16)23(27)30/h4-11H,2-3,12-15H2,1H3,(H,24,25,28). The van der Waals surface area contributed by atoms with E-state index in [0.717, 1.165) is 19.4 Å². The Labute approximate surface area is 174 Å². The first kappa shape index (κ1) is 20.0. The molecular formula is C23H24N4O3. The minimum Gasteiger partial charge on any atom is -0.309 e. The van der Waals surface area contributed by atoms with Crippen molar-refractivity contribution >= 4 is 22.7 Å². The number of fused-ring (bicyclic) bond motifs is 2. The van der Waals surface area contributed by atoms with Crippen molar-refractivity contribution in [2.45, 2.75) is 26.3 Å². The molecule has 1 aromatic heterocycles. The molecule has 0 fully saturated rings. The number of unbranched alkanes of at least 4 members (excludes halogenated alkanes) is 1. The fourth-order valence-electron chi connectivity index (χ4n) is 3.76. The number of hydrogen-bond donors (Lipinski definition) is 1. The Kier molecular flexibility index (Phi) is 5.72. The summed E-state index contributed by atoms with van der Waals surface area (Å²) < 4.78 is 0. The van der Waals surface area contributed by atoms with Crippen LogP contribution in [0.1, 0.15) is 46.3 Å². The van der Waals surface area contributed by atoms with Crippen LogP contribution in [0.2, 0.25) is 0 Å². The summed E-state index contributed by atoms with van der Waals surface area (Å²) in [4.78, 5) is 48.5. The maximum absolute atomic E-state index is 12.6. The lowest BCUT2D eigenvalue weighted by atomic mass is 10.1. The molecule has 2 heterocycles. The van der Waals surface area contributed by atoms with Crippen LogP contribution in [-0.2, 0) is 6.54 Å². The van der Waals surface area contributed by atoms with Crippen LogP contribution < -0.4 is 5.56 Å². The molecule has 1 aliphatic rings. The lowest BCUT2D eigenvalue weighted by Crippen LogP contribution is -2.39. The first-order chi connectivity index (χ1) is 14.6. The average molecular weight is 404 g/mol. The molecule has 4 rings (SSSR count). The second-order valence-electron chi connectivity index (χ2n) is 7.47. The Morgan fingerprint density at radius 1 is 0.933 bits per heavy atom. The summed E-state index contributed by atoms with van der Waals surface area (Å²) in [6.45, 7) is 4.16. The van der Waals surface area contributed by atoms with Gasteiger partial charge in [-0.3, -0.25) is 24.2 Å². The van der Waals surface area contributed by atoms with Crippen LogP contribution in [0.3, 0.4) is 0 Å². The SMILES string of the molecule is CCCCN(CCN1C(=O)c2ccccc2C1=O)Cc1nc2ccccc2c(=O)[nH]1. The molecule has 7 nitrogen and oxygen atoms in total. The van der Waals surface area contributed by atoms with E-state index in [-0.39, 0.29) is 17.4 Å². The highest BCUT2D eigenvalue weighted by Gasteiger charge is 2.34. The number of nitrogens with zero attached hydrogens (tertiary/aromatic N) is 3. The number of carbonyl (C=O) groups excluding carboxylic acids is 2. The molecule has 1 aliphatic heterocycles. The summed E-state index contributed by atoms with van der Waals surface area (Å²) in [5.74, 6) is 0.0868. The van der Waals surface area contributed by atoms with Crippen molar-refractivity contribution in [1.29, 1.82) is 0 Å². The highest BCUT2D eigenvalue weighted by Crippen LogP contribution is 2.22. The quantitative estimate of drug-likeness (QED) is 0.584. The van der Waals surface area contributed by atoms with Gasteiger partial charge in [-0.15, -0.1) is 0 Å². The number of benzene rings is 2. The number of nitrogens with one attached hydrogen (secondary N) is 1. The summed E-state index contributed by atoms with van der Waals surface area (Å²) in [5.41, 5.74) is 1.42. The first-order valence-corrected chi connectivity index (χ1v) is 10.2. The van der Waals surface area contributed by atoms with Crippen molar-refractivity contribution in [2.24, 2.45) is 0 Å². The molecule has 3 aromatic rings. The summed E-state index contributed by atoms with van der Waals surface area (Å²) in [6, 6.07) is 14.2. The number of aromatic nitrogens is 2. The molecule has 7 heteroatoms. The van der Waals surface area contributed by atoms with Crippen LogP contribution in [0.5, 0.6) is 0 Å². The first-order valence-electron chi connectivity index (χ1n) is 10.2. The Hall–Kier alpha value is -3.32. The number of imide groups is 1. The second kappa shape index (κ2) is 8.59. The topological polar surface area (TPSA) is 86.4 Å². The number of carbonyl (C=O) groups is 2. The number of hydrogen-bond acceptors (Lipinski definition) is 5. The molecule has 0 saturated heterocycles. The third kappa shape index (κ3) is 3.89. The van der Waals surface area contributed by atoms with E-state index in [1.54, 1.807) is 30.3 Å². The monoisotopic (exact) mass is 404 g/mol. The Morgan fingerprint density at radius 2 is 1.60 bits per heavy atom. The number of amides is 2. The summed E-state index contributed by atoms with van der Waals surface area (Å²) in [6.07, 6.45) is 1.99. The molecule has 30 heavy (non-hydrogen) atoms. The summed E-state index contributed by atoms with van der Waals surface area (Å²) >= 11 is 0. The van der Waals surface area contributed by atoms with E-state index in [1.807, 2.05) is 18.2 Å². The van der Waals surface area contributed by atoms with Crippen LogP contribution in [0.25, 0.3) is 10.9 Å². The maximum atomic E-state index is 12.6. The third-order valence-electron chi connectivity index (χ3n) is 5.38. The Morgan fingerprint density at radius 3 is 2.30 bits per heavy atom. The Bertz CT molecular complexity index is 1120. The van der Waals surface area contributed by atoms with Crippen LogP contribution in [0, 0.1) is 0 Å². The van der Waals surface area contributed by atoms with Crippen LogP contribution in [0.15, 0.2) is 53.3 Å². The van der Waals surface area contributed by atoms with E-state index in [1.165, 1.54) is 4.90 Å². The van der Waals surface area contributed by atoms with Gasteiger partial charge in [-0.25, -0.2) is 4.98 Å². The lowest BCUT2D eigenvalue weighted by molar-refractivity contribution is 0.0633. The molecule has 0 spiro atoms. The van der Waals surface area contributed by atoms with Gasteiger partial charge < -0.3 is 4.98 Å². The van der Waals surface area contributed by atoms with Crippen LogP contribution in [0.4, 0.5) is 0 Å². The van der Waals surface area contributed by atoms with Gasteiger partial charge in [0, 0.05) is 13.1 Å². The van der Waals surface area contributed by atoms with Gasteiger partial charge in [-0.1, -0.05) is 37.6 Å². The predicted octanol–water partition coefficient (Wildman–Crippen LogP) is 2.82. The molecular weight excluding hydrogens is 380 g/mol. The van der Waals surface area contributed by atoms with Gasteiger partial charge in [-0.2, -0.15) is 0 Å². The second-order valence-corrected chi connectivity index (χ2v) is 7.47. The van der Waals surface area contributed by atoms with E-state index in [2.05, 4.69) is 21.8 Å². The van der Waals surface area contributed by atoms with Gasteiger partial charge in [0.1, 0.15) is 5.82 Å². The van der Waals surface area contributed by atoms with Gasteiger partial charge in [-0.05, 0) is 37.2 Å². The van der Waals surface area contributed by atoms with E-state index in [0.29, 0.717) is 47.5 Å². The van der Waals surface area contributed by atoms with Gasteiger partial charge in [0.15, 0.2) is 0 Å². The van der Waals surface area contributed by atoms with Gasteiger partial charge in [0.2, 0.25) is 0 Å². The van der Waals surface area contributed by atoms with Crippen molar-refractivity contribution in [3.8, 4) is 0 Å². The van der Waals surface area contributed by atoms with Crippen molar-refractivity contribution in [1.82, 2.24) is 19.8 Å². The van der Waals surface area contributed by atoms with Gasteiger partial charge >= 0.3 is 0 Å². The third-order valence-corrected chi connectivity index (χ3v) is 5.38. The number of aromatic amines is 1. The normalized spacial score (nSPS) is 13.5. The fourth-order valence-corrected chi connectivity index (χ4v) is 3.76. The van der Waals surface area contributed by atoms with Crippen molar-refractivity contribution < 1.29 is 9.59 Å². The van der Waals surface area contributed by atoms with Gasteiger partial charge in [0.05, 0.1) is 28.6 Å². The molecule has 1 N–H and O–H groups in total. The van der Waals surface area contributed by atoms with Gasteiger partial charge in [0.25, 0.3) is 17.4 Å². The van der Waals surface area contributed by atoms with Crippen LogP contribution >= 0.6 is 0 Å². The van der Waals surface area contributed by atoms with E-state index < -0.39 is 0 Å². The molecule has 2 aromatic carbocycles.